The molecule has 1 atom stereocenters. The summed E-state index contributed by atoms with van der Waals surface area (Å²) in [5.74, 6) is -0.255. The molecule has 1 aromatic carbocycles. The van der Waals surface area contributed by atoms with Crippen LogP contribution in [0.3, 0.4) is 0 Å². The average molecular weight is 402 g/mol. The zero-order valence-corrected chi connectivity index (χ0v) is 16.6. The number of rotatable bonds is 7. The van der Waals surface area contributed by atoms with Crippen molar-refractivity contribution in [2.75, 3.05) is 26.2 Å². The highest BCUT2D eigenvalue weighted by Gasteiger charge is 2.33. The molecule has 0 aliphatic carbocycles. The number of benzene rings is 1. The van der Waals surface area contributed by atoms with E-state index >= 15 is 0 Å². The van der Waals surface area contributed by atoms with Crippen molar-refractivity contribution in [1.82, 2.24) is 9.80 Å². The molecule has 0 fully saturated rings. The van der Waals surface area contributed by atoms with Gasteiger partial charge in [-0.25, -0.2) is 4.39 Å². The van der Waals surface area contributed by atoms with Gasteiger partial charge in [0, 0.05) is 31.0 Å². The Balaban J connectivity index is 1.77. The van der Waals surface area contributed by atoms with Gasteiger partial charge in [-0.15, -0.1) is 17.9 Å². The summed E-state index contributed by atoms with van der Waals surface area (Å²) >= 11 is 1.66. The molecule has 5 nitrogen and oxygen atoms in total. The van der Waals surface area contributed by atoms with E-state index in [9.17, 15) is 14.0 Å². The average Bonchev–Trinajstić information content (AvgIpc) is 3.14. The van der Waals surface area contributed by atoms with Gasteiger partial charge in [-0.2, -0.15) is 0 Å². The zero-order chi connectivity index (χ0) is 20.1. The molecule has 2 aromatic rings. The summed E-state index contributed by atoms with van der Waals surface area (Å²) in [7, 11) is 0. The SMILES string of the molecule is C=CCN(CC(=O)N1CCc2sccc2[C@H]1COc1cccc(F)c1)C(C)=O. The number of carbonyl (C=O) groups is 2. The molecule has 2 amide bonds. The number of hydrogen-bond donors (Lipinski definition) is 0. The predicted molar refractivity (Wildman–Crippen MR) is 107 cm³/mol. The van der Waals surface area contributed by atoms with Crippen molar-refractivity contribution in [2.24, 2.45) is 0 Å². The molecule has 28 heavy (non-hydrogen) atoms. The van der Waals surface area contributed by atoms with Crippen LogP contribution >= 0.6 is 11.3 Å². The normalized spacial score (nSPS) is 15.6. The Bertz CT molecular complexity index is 867. The lowest BCUT2D eigenvalue weighted by molar-refractivity contribution is -0.141. The Morgan fingerprint density at radius 1 is 1.43 bits per heavy atom. The Kier molecular flexibility index (Phi) is 6.46. The van der Waals surface area contributed by atoms with Crippen LogP contribution in [0.1, 0.15) is 23.4 Å². The molecule has 2 heterocycles. The molecule has 0 radical (unpaired) electrons. The van der Waals surface area contributed by atoms with Crippen molar-refractivity contribution in [3.8, 4) is 5.75 Å². The second-order valence-corrected chi connectivity index (χ2v) is 7.61. The van der Waals surface area contributed by atoms with Crippen LogP contribution in [0.25, 0.3) is 0 Å². The first-order chi connectivity index (χ1) is 13.5. The van der Waals surface area contributed by atoms with Gasteiger partial charge in [-0.1, -0.05) is 12.1 Å². The fourth-order valence-corrected chi connectivity index (χ4v) is 4.25. The molecular weight excluding hydrogens is 379 g/mol. The van der Waals surface area contributed by atoms with Crippen molar-refractivity contribution >= 4 is 23.2 Å². The highest BCUT2D eigenvalue weighted by atomic mass is 32.1. The third kappa shape index (κ3) is 4.59. The van der Waals surface area contributed by atoms with E-state index < -0.39 is 0 Å². The van der Waals surface area contributed by atoms with Crippen molar-refractivity contribution in [3.05, 3.63) is 64.6 Å². The number of halogens is 1. The molecule has 148 valence electrons. The van der Waals surface area contributed by atoms with Crippen LogP contribution in [-0.4, -0.2) is 47.9 Å². The second-order valence-electron chi connectivity index (χ2n) is 6.61. The minimum atomic E-state index is -0.369. The summed E-state index contributed by atoms with van der Waals surface area (Å²) in [4.78, 5) is 29.2. The lowest BCUT2D eigenvalue weighted by Crippen LogP contribution is -2.47. The van der Waals surface area contributed by atoms with Gasteiger partial charge in [0.05, 0.1) is 6.04 Å². The number of carbonyl (C=O) groups excluding carboxylic acids is 2. The lowest BCUT2D eigenvalue weighted by Gasteiger charge is -2.37. The largest absolute Gasteiger partial charge is 0.491 e. The molecule has 0 spiro atoms. The van der Waals surface area contributed by atoms with Crippen LogP contribution in [0.4, 0.5) is 4.39 Å². The van der Waals surface area contributed by atoms with Crippen LogP contribution in [-0.2, 0) is 16.0 Å². The van der Waals surface area contributed by atoms with Crippen molar-refractivity contribution < 1.29 is 18.7 Å². The molecule has 0 saturated carbocycles. The standard InChI is InChI=1S/C21H23FN2O3S/c1-3-9-23(15(2)25)13-21(26)24-10-7-20-18(8-11-28-20)19(24)14-27-17-6-4-5-16(22)12-17/h3-6,8,11-12,19H,1,7,9-10,13-14H2,2H3/t19-/m1/s1. The van der Waals surface area contributed by atoms with Crippen LogP contribution in [0.15, 0.2) is 48.4 Å². The fourth-order valence-electron chi connectivity index (χ4n) is 3.32. The third-order valence-corrected chi connectivity index (χ3v) is 5.74. The summed E-state index contributed by atoms with van der Waals surface area (Å²) in [6.07, 6.45) is 2.38. The minimum absolute atomic E-state index is 0.00269. The number of nitrogens with zero attached hydrogens (tertiary/aromatic N) is 2. The Hall–Kier alpha value is -2.67. The Morgan fingerprint density at radius 2 is 2.25 bits per heavy atom. The molecule has 0 bridgehead atoms. The van der Waals surface area contributed by atoms with Gasteiger partial charge in [0.25, 0.3) is 0 Å². The van der Waals surface area contributed by atoms with Crippen molar-refractivity contribution in [1.29, 1.82) is 0 Å². The van der Waals surface area contributed by atoms with Crippen LogP contribution < -0.4 is 4.74 Å². The molecule has 1 aliphatic rings. The van der Waals surface area contributed by atoms with E-state index in [4.69, 9.17) is 4.74 Å². The summed E-state index contributed by atoms with van der Waals surface area (Å²) in [6, 6.07) is 7.69. The maximum absolute atomic E-state index is 13.4. The maximum Gasteiger partial charge on any atom is 0.242 e. The first kappa shape index (κ1) is 20.1. The molecular formula is C21H23FN2O3S. The van der Waals surface area contributed by atoms with E-state index in [0.29, 0.717) is 18.8 Å². The predicted octanol–water partition coefficient (Wildman–Crippen LogP) is 3.43. The first-order valence-electron chi connectivity index (χ1n) is 9.10. The second kappa shape index (κ2) is 9.01. The number of fused-ring (bicyclic) bond motifs is 1. The van der Waals surface area contributed by atoms with Gasteiger partial charge in [0.1, 0.15) is 24.7 Å². The lowest BCUT2D eigenvalue weighted by atomic mass is 10.0. The summed E-state index contributed by atoms with van der Waals surface area (Å²) in [5.41, 5.74) is 1.05. The van der Waals surface area contributed by atoms with E-state index in [-0.39, 0.29) is 36.8 Å². The number of ether oxygens (including phenoxy) is 1. The van der Waals surface area contributed by atoms with Crippen LogP contribution in [0.5, 0.6) is 5.75 Å². The van der Waals surface area contributed by atoms with Gasteiger partial charge in [-0.3, -0.25) is 9.59 Å². The van der Waals surface area contributed by atoms with Crippen molar-refractivity contribution in [2.45, 2.75) is 19.4 Å². The molecule has 7 heteroatoms. The van der Waals surface area contributed by atoms with E-state index in [2.05, 4.69) is 6.58 Å². The summed E-state index contributed by atoms with van der Waals surface area (Å²) in [6.45, 7) is 6.18. The van der Waals surface area contributed by atoms with Crippen LogP contribution in [0.2, 0.25) is 0 Å². The van der Waals surface area contributed by atoms with Crippen LogP contribution in [0, 0.1) is 5.82 Å². The first-order valence-corrected chi connectivity index (χ1v) is 9.98. The molecule has 3 rings (SSSR count). The number of amides is 2. The maximum atomic E-state index is 13.4. The monoisotopic (exact) mass is 402 g/mol. The number of thiophene rings is 1. The molecule has 0 N–H and O–H groups in total. The zero-order valence-electron chi connectivity index (χ0n) is 15.8. The highest BCUT2D eigenvalue weighted by molar-refractivity contribution is 7.10. The smallest absolute Gasteiger partial charge is 0.242 e. The fraction of sp³-hybridized carbons (Fsp3) is 0.333. The van der Waals surface area contributed by atoms with E-state index in [1.807, 2.05) is 11.4 Å². The summed E-state index contributed by atoms with van der Waals surface area (Å²) < 4.78 is 19.2. The Morgan fingerprint density at radius 3 is 2.96 bits per heavy atom. The Labute approximate surface area is 168 Å². The quantitative estimate of drug-likeness (QED) is 0.667. The van der Waals surface area contributed by atoms with Gasteiger partial charge in [0.15, 0.2) is 0 Å². The topological polar surface area (TPSA) is 49.9 Å². The van der Waals surface area contributed by atoms with Gasteiger partial charge >= 0.3 is 0 Å². The van der Waals surface area contributed by atoms with E-state index in [0.717, 1.165) is 12.0 Å². The third-order valence-electron chi connectivity index (χ3n) is 4.74. The van der Waals surface area contributed by atoms with Gasteiger partial charge < -0.3 is 14.5 Å². The summed E-state index contributed by atoms with van der Waals surface area (Å²) in [5, 5.41) is 2.01. The minimum Gasteiger partial charge on any atom is -0.491 e. The molecule has 0 saturated heterocycles. The van der Waals surface area contributed by atoms with Gasteiger partial charge in [0.2, 0.25) is 11.8 Å². The van der Waals surface area contributed by atoms with Crippen molar-refractivity contribution in [3.63, 3.8) is 0 Å². The number of hydrogen-bond acceptors (Lipinski definition) is 4. The van der Waals surface area contributed by atoms with Gasteiger partial charge in [-0.05, 0) is 35.6 Å². The molecule has 0 unspecified atom stereocenters. The highest BCUT2D eigenvalue weighted by Crippen LogP contribution is 2.34. The van der Waals surface area contributed by atoms with E-state index in [1.54, 1.807) is 34.4 Å². The van der Waals surface area contributed by atoms with E-state index in [1.165, 1.54) is 28.8 Å². The molecule has 1 aliphatic heterocycles. The molecule has 1 aromatic heterocycles.